The number of carboxylic acids is 1. The van der Waals surface area contributed by atoms with Gasteiger partial charge in [-0.15, -0.1) is 0 Å². The summed E-state index contributed by atoms with van der Waals surface area (Å²) in [6.45, 7) is 5.58. The van der Waals surface area contributed by atoms with Gasteiger partial charge >= 0.3 is 5.97 Å². The van der Waals surface area contributed by atoms with Gasteiger partial charge in [-0.1, -0.05) is 6.92 Å². The molecule has 0 atom stereocenters. The smallest absolute Gasteiger partial charge is 0.341 e. The lowest BCUT2D eigenvalue weighted by atomic mass is 10.1. The molecule has 1 aromatic carbocycles. The van der Waals surface area contributed by atoms with Crippen molar-refractivity contribution in [1.29, 1.82) is 0 Å². The van der Waals surface area contributed by atoms with Crippen LogP contribution in [0.3, 0.4) is 0 Å². The average Bonchev–Trinajstić information content (AvgIpc) is 3.33. The van der Waals surface area contributed by atoms with Crippen molar-refractivity contribution in [1.82, 2.24) is 9.47 Å². The van der Waals surface area contributed by atoms with Crippen molar-refractivity contribution in [2.45, 2.75) is 25.8 Å². The highest BCUT2D eigenvalue weighted by atomic mass is 19.1. The summed E-state index contributed by atoms with van der Waals surface area (Å²) in [5.74, 6) is -3.00. The fraction of sp³-hybridized carbons (Fsp3) is 0.429. The minimum Gasteiger partial charge on any atom is -0.477 e. The van der Waals surface area contributed by atoms with E-state index in [1.54, 1.807) is 4.90 Å². The molecular weight excluding hydrogens is 380 g/mol. The molecule has 3 heterocycles. The largest absolute Gasteiger partial charge is 0.477 e. The summed E-state index contributed by atoms with van der Waals surface area (Å²) in [5.41, 5.74) is 0.956. The zero-order chi connectivity index (χ0) is 20.4. The van der Waals surface area contributed by atoms with Gasteiger partial charge in [-0.05, 0) is 36.6 Å². The van der Waals surface area contributed by atoms with E-state index in [2.05, 4.69) is 11.8 Å². The first-order valence-electron chi connectivity index (χ1n) is 9.86. The highest BCUT2D eigenvalue weighted by Crippen LogP contribution is 2.40. The van der Waals surface area contributed by atoms with Crippen molar-refractivity contribution in [3.63, 3.8) is 0 Å². The standard InChI is InChI=1S/C21H21F2N3O3/c1-2-24-6-11-8-25(9-12(11)7-24)19-16(22)5-14-18(17(19)23)26(13-3-4-13)10-15(20(14)27)21(28)29/h5,10,13H,2-4,6-9H2,1H3,(H,28,29). The lowest BCUT2D eigenvalue weighted by Crippen LogP contribution is -2.31. The summed E-state index contributed by atoms with van der Waals surface area (Å²) < 4.78 is 32.2. The Labute approximate surface area is 165 Å². The molecule has 0 radical (unpaired) electrons. The summed E-state index contributed by atoms with van der Waals surface area (Å²) in [7, 11) is 0. The second kappa shape index (κ2) is 6.38. The van der Waals surface area contributed by atoms with E-state index in [4.69, 9.17) is 0 Å². The molecule has 5 rings (SSSR count). The molecule has 0 unspecified atom stereocenters. The predicted molar refractivity (Wildman–Crippen MR) is 105 cm³/mol. The number of carbonyl (C=O) groups is 1. The molecule has 0 bridgehead atoms. The monoisotopic (exact) mass is 401 g/mol. The van der Waals surface area contributed by atoms with Crippen molar-refractivity contribution in [3.05, 3.63) is 50.8 Å². The summed E-state index contributed by atoms with van der Waals surface area (Å²) in [6.07, 6.45) is 2.75. The molecule has 2 aliphatic heterocycles. The molecule has 3 aliphatic rings. The molecule has 1 fully saturated rings. The molecule has 0 saturated heterocycles. The first-order valence-corrected chi connectivity index (χ1v) is 9.86. The Morgan fingerprint density at radius 1 is 1.17 bits per heavy atom. The predicted octanol–water partition coefficient (Wildman–Crippen LogP) is 2.76. The molecule has 29 heavy (non-hydrogen) atoms. The van der Waals surface area contributed by atoms with Gasteiger partial charge in [0.1, 0.15) is 17.1 Å². The SMILES string of the molecule is CCN1CC2=C(C1)CN(c1c(F)cc3c(=O)c(C(=O)O)cn(C4CC4)c3c1F)C2. The number of hydrogen-bond donors (Lipinski definition) is 1. The summed E-state index contributed by atoms with van der Waals surface area (Å²) in [5, 5.41) is 9.12. The third-order valence-electron chi connectivity index (χ3n) is 6.21. The number of nitrogens with zero attached hydrogens (tertiary/aromatic N) is 3. The zero-order valence-electron chi connectivity index (χ0n) is 16.0. The number of aromatic nitrogens is 1. The average molecular weight is 401 g/mol. The quantitative estimate of drug-likeness (QED) is 0.799. The van der Waals surface area contributed by atoms with E-state index in [-0.39, 0.29) is 22.6 Å². The van der Waals surface area contributed by atoms with Crippen LogP contribution in [0.2, 0.25) is 0 Å². The third-order valence-corrected chi connectivity index (χ3v) is 6.21. The van der Waals surface area contributed by atoms with Crippen LogP contribution in [0.5, 0.6) is 0 Å². The van der Waals surface area contributed by atoms with Crippen LogP contribution in [-0.4, -0.2) is 53.3 Å². The van der Waals surface area contributed by atoms with Gasteiger partial charge in [0.05, 0.1) is 10.9 Å². The number of benzene rings is 1. The van der Waals surface area contributed by atoms with Gasteiger partial charge in [-0.2, -0.15) is 0 Å². The number of pyridine rings is 1. The molecule has 1 N–H and O–H groups in total. The van der Waals surface area contributed by atoms with Gasteiger partial charge in [0, 0.05) is 38.4 Å². The molecule has 8 heteroatoms. The summed E-state index contributed by atoms with van der Waals surface area (Å²) in [4.78, 5) is 28.0. The number of hydrogen-bond acceptors (Lipinski definition) is 4. The summed E-state index contributed by atoms with van der Waals surface area (Å²) >= 11 is 0. The number of rotatable bonds is 4. The van der Waals surface area contributed by atoms with Crippen molar-refractivity contribution < 1.29 is 18.7 Å². The van der Waals surface area contributed by atoms with Crippen molar-refractivity contribution in [2.24, 2.45) is 0 Å². The Balaban J connectivity index is 1.64. The maximum atomic E-state index is 15.6. The Bertz CT molecular complexity index is 1130. The van der Waals surface area contributed by atoms with E-state index in [0.717, 1.165) is 38.5 Å². The Hall–Kier alpha value is -2.74. The van der Waals surface area contributed by atoms with Gasteiger partial charge < -0.3 is 14.6 Å². The van der Waals surface area contributed by atoms with Crippen LogP contribution in [0, 0.1) is 11.6 Å². The summed E-state index contributed by atoms with van der Waals surface area (Å²) in [6, 6.07) is 0.937. The number of likely N-dealkylation sites (N-methyl/N-ethyl adjacent to an activating group) is 1. The van der Waals surface area contributed by atoms with Crippen LogP contribution >= 0.6 is 0 Å². The van der Waals surface area contributed by atoms with Crippen LogP contribution in [0.15, 0.2) is 28.2 Å². The Kier molecular flexibility index (Phi) is 4.03. The first-order chi connectivity index (χ1) is 13.9. The topological polar surface area (TPSA) is 65.8 Å². The Morgan fingerprint density at radius 2 is 1.83 bits per heavy atom. The molecule has 1 aliphatic carbocycles. The van der Waals surface area contributed by atoms with Crippen LogP contribution in [0.1, 0.15) is 36.2 Å². The minimum atomic E-state index is -1.39. The fourth-order valence-corrected chi connectivity index (χ4v) is 4.56. The van der Waals surface area contributed by atoms with Crippen molar-refractivity contribution in [2.75, 3.05) is 37.6 Å². The molecule has 0 amide bonds. The number of aromatic carboxylic acids is 1. The van der Waals surface area contributed by atoms with Crippen LogP contribution in [0.25, 0.3) is 10.9 Å². The van der Waals surface area contributed by atoms with Crippen LogP contribution in [-0.2, 0) is 0 Å². The van der Waals surface area contributed by atoms with E-state index >= 15 is 8.78 Å². The van der Waals surface area contributed by atoms with Gasteiger partial charge in [0.15, 0.2) is 5.82 Å². The molecule has 0 spiro atoms. The van der Waals surface area contributed by atoms with Gasteiger partial charge in [0.25, 0.3) is 0 Å². The number of carboxylic acid groups (broad SMARTS) is 1. The van der Waals surface area contributed by atoms with Gasteiger partial charge in [0.2, 0.25) is 5.43 Å². The highest BCUT2D eigenvalue weighted by molar-refractivity contribution is 5.94. The number of halogens is 2. The molecule has 6 nitrogen and oxygen atoms in total. The van der Waals surface area contributed by atoms with Crippen molar-refractivity contribution in [3.8, 4) is 0 Å². The molecule has 152 valence electrons. The lowest BCUT2D eigenvalue weighted by molar-refractivity contribution is 0.0695. The fourth-order valence-electron chi connectivity index (χ4n) is 4.56. The lowest BCUT2D eigenvalue weighted by Gasteiger charge is -2.25. The van der Waals surface area contributed by atoms with Crippen molar-refractivity contribution >= 4 is 22.6 Å². The van der Waals surface area contributed by atoms with E-state index < -0.39 is 28.6 Å². The molecular formula is C21H21F2N3O3. The number of fused-ring (bicyclic) bond motifs is 1. The van der Waals surface area contributed by atoms with E-state index in [1.807, 2.05) is 0 Å². The van der Waals surface area contributed by atoms with E-state index in [0.29, 0.717) is 13.1 Å². The molecule has 1 aromatic heterocycles. The Morgan fingerprint density at radius 3 is 2.38 bits per heavy atom. The van der Waals surface area contributed by atoms with Gasteiger partial charge in [-0.3, -0.25) is 9.69 Å². The number of anilines is 1. The molecule has 1 saturated carbocycles. The van der Waals surface area contributed by atoms with Crippen LogP contribution in [0.4, 0.5) is 14.5 Å². The van der Waals surface area contributed by atoms with E-state index in [1.165, 1.54) is 21.9 Å². The zero-order valence-corrected chi connectivity index (χ0v) is 16.0. The normalized spacial score (nSPS) is 19.5. The highest BCUT2D eigenvalue weighted by Gasteiger charge is 2.34. The second-order valence-electron chi connectivity index (χ2n) is 8.10. The van der Waals surface area contributed by atoms with Gasteiger partial charge in [-0.25, -0.2) is 13.6 Å². The van der Waals surface area contributed by atoms with Crippen LogP contribution < -0.4 is 10.3 Å². The third kappa shape index (κ3) is 2.77. The maximum absolute atomic E-state index is 15.6. The first kappa shape index (κ1) is 18.3. The maximum Gasteiger partial charge on any atom is 0.341 e. The van der Waals surface area contributed by atoms with E-state index in [9.17, 15) is 14.7 Å². The minimum absolute atomic E-state index is 0.00106. The second-order valence-corrected chi connectivity index (χ2v) is 8.10. The molecule has 2 aromatic rings.